The number of pyridine rings is 2. The molecular weight excluding hydrogens is 693 g/mol. The van der Waals surface area contributed by atoms with Gasteiger partial charge in [0.25, 0.3) is 0 Å². The lowest BCUT2D eigenvalue weighted by atomic mass is 9.91. The Morgan fingerprint density at radius 1 is 0.456 bits per heavy atom. The summed E-state index contributed by atoms with van der Waals surface area (Å²) in [6.45, 7) is 6.15. The SMILES string of the molecule is C=C/C(=C\C=C(/C)c1cc(-c2ccc(-c3ccccn3)cc2)nc(-c2cc(-c3cccc4ccccc34)cc(-c3cccc4ccccc34)c2)n1)c1ccccn1. The van der Waals surface area contributed by atoms with Gasteiger partial charge in [-0.25, -0.2) is 9.97 Å². The molecule has 0 amide bonds. The maximum absolute atomic E-state index is 5.32. The molecular formula is C53H38N4. The van der Waals surface area contributed by atoms with Crippen LogP contribution in [0.4, 0.5) is 0 Å². The maximum Gasteiger partial charge on any atom is 0.160 e. The van der Waals surface area contributed by atoms with E-state index in [2.05, 4.69) is 163 Å². The van der Waals surface area contributed by atoms with Gasteiger partial charge < -0.3 is 0 Å². The number of benzene rings is 6. The fraction of sp³-hybridized carbons (Fsp3) is 0.0189. The molecule has 0 fully saturated rings. The highest BCUT2D eigenvalue weighted by atomic mass is 14.9. The summed E-state index contributed by atoms with van der Waals surface area (Å²) >= 11 is 0. The Morgan fingerprint density at radius 3 is 1.61 bits per heavy atom. The van der Waals surface area contributed by atoms with Gasteiger partial charge in [0, 0.05) is 29.1 Å². The van der Waals surface area contributed by atoms with Crippen LogP contribution in [0.1, 0.15) is 18.3 Å². The predicted octanol–water partition coefficient (Wildman–Crippen LogP) is 13.6. The molecule has 9 aromatic rings. The molecule has 4 nitrogen and oxygen atoms in total. The van der Waals surface area contributed by atoms with Crippen LogP contribution in [0.2, 0.25) is 0 Å². The zero-order valence-corrected chi connectivity index (χ0v) is 31.5. The van der Waals surface area contributed by atoms with Gasteiger partial charge in [-0.05, 0) is 110 Å². The standard InChI is InChI=1S/C53H38N4/c1-3-37(49-22-8-10-30-54-49)25-24-36(2)51-35-52(41-28-26-40(27-29-41)50-23-9-11-31-55-50)57-53(56-51)44-33-42(47-20-12-16-38-14-4-6-18-45(38)47)32-43(34-44)48-21-13-17-39-15-5-7-19-46(39)48/h3-35H,1H2,2H3/b36-24+,37-25+. The van der Waals surface area contributed by atoms with Crippen LogP contribution in [0.5, 0.6) is 0 Å². The molecule has 9 rings (SSSR count). The largest absolute Gasteiger partial charge is 0.256 e. The van der Waals surface area contributed by atoms with Gasteiger partial charge in [-0.1, -0.05) is 146 Å². The normalized spacial score (nSPS) is 11.9. The van der Waals surface area contributed by atoms with Gasteiger partial charge in [-0.15, -0.1) is 0 Å². The fourth-order valence-corrected chi connectivity index (χ4v) is 7.39. The van der Waals surface area contributed by atoms with E-state index in [9.17, 15) is 0 Å². The highest BCUT2D eigenvalue weighted by Crippen LogP contribution is 2.38. The molecule has 6 aromatic carbocycles. The van der Waals surface area contributed by atoms with E-state index in [4.69, 9.17) is 9.97 Å². The first kappa shape index (κ1) is 35.2. The van der Waals surface area contributed by atoms with E-state index in [-0.39, 0.29) is 0 Å². The lowest BCUT2D eigenvalue weighted by Crippen LogP contribution is -1.98. The Bertz CT molecular complexity index is 2860. The molecule has 0 radical (unpaired) electrons. The average Bonchev–Trinajstić information content (AvgIpc) is 3.29. The van der Waals surface area contributed by atoms with Crippen LogP contribution in [0, 0.1) is 0 Å². The van der Waals surface area contributed by atoms with Crippen molar-refractivity contribution in [3.05, 3.63) is 218 Å². The number of fused-ring (bicyclic) bond motifs is 2. The highest BCUT2D eigenvalue weighted by Gasteiger charge is 2.16. The summed E-state index contributed by atoms with van der Waals surface area (Å²) in [5, 5.41) is 4.78. The number of nitrogens with zero attached hydrogens (tertiary/aromatic N) is 4. The van der Waals surface area contributed by atoms with Gasteiger partial charge in [-0.2, -0.15) is 0 Å². The van der Waals surface area contributed by atoms with E-state index in [1.807, 2.05) is 54.7 Å². The number of allylic oxidation sites excluding steroid dienone is 5. The zero-order chi connectivity index (χ0) is 38.6. The fourth-order valence-electron chi connectivity index (χ4n) is 7.39. The van der Waals surface area contributed by atoms with Crippen molar-refractivity contribution in [3.63, 3.8) is 0 Å². The van der Waals surface area contributed by atoms with Crippen molar-refractivity contribution in [2.75, 3.05) is 0 Å². The van der Waals surface area contributed by atoms with Crippen molar-refractivity contribution in [1.29, 1.82) is 0 Å². The van der Waals surface area contributed by atoms with Crippen LogP contribution in [0.25, 0.3) is 88.8 Å². The third kappa shape index (κ3) is 7.32. The minimum Gasteiger partial charge on any atom is -0.256 e. The van der Waals surface area contributed by atoms with Crippen LogP contribution in [0.3, 0.4) is 0 Å². The van der Waals surface area contributed by atoms with Crippen LogP contribution in [0.15, 0.2) is 207 Å². The third-order valence-electron chi connectivity index (χ3n) is 10.4. The summed E-state index contributed by atoms with van der Waals surface area (Å²) in [4.78, 5) is 19.7. The van der Waals surface area contributed by atoms with Gasteiger partial charge in [0.15, 0.2) is 5.82 Å². The van der Waals surface area contributed by atoms with E-state index in [1.165, 1.54) is 21.5 Å². The number of hydrogen-bond donors (Lipinski definition) is 0. The molecule has 4 heteroatoms. The molecule has 3 heterocycles. The molecule has 0 aliphatic carbocycles. The molecule has 0 unspecified atom stereocenters. The first-order chi connectivity index (χ1) is 28.1. The smallest absolute Gasteiger partial charge is 0.160 e. The van der Waals surface area contributed by atoms with E-state index < -0.39 is 0 Å². The number of hydrogen-bond acceptors (Lipinski definition) is 4. The summed E-state index contributed by atoms with van der Waals surface area (Å²) in [6, 6.07) is 59.3. The second-order valence-corrected chi connectivity index (χ2v) is 14.0. The van der Waals surface area contributed by atoms with E-state index in [0.29, 0.717) is 5.82 Å². The summed E-state index contributed by atoms with van der Waals surface area (Å²) in [5.41, 5.74) is 12.8. The van der Waals surface area contributed by atoms with Crippen molar-refractivity contribution in [2.24, 2.45) is 0 Å². The average molecular weight is 731 g/mol. The van der Waals surface area contributed by atoms with Crippen LogP contribution < -0.4 is 0 Å². The van der Waals surface area contributed by atoms with E-state index in [1.54, 1.807) is 6.20 Å². The molecule has 0 saturated carbocycles. The molecule has 0 N–H and O–H groups in total. The number of aromatic nitrogens is 4. The van der Waals surface area contributed by atoms with Gasteiger partial charge >= 0.3 is 0 Å². The Hall–Kier alpha value is -7.56. The van der Waals surface area contributed by atoms with Crippen LogP contribution >= 0.6 is 0 Å². The predicted molar refractivity (Wildman–Crippen MR) is 238 cm³/mol. The molecule has 0 aliphatic rings. The lowest BCUT2D eigenvalue weighted by Gasteiger charge is -2.15. The molecule has 270 valence electrons. The lowest BCUT2D eigenvalue weighted by molar-refractivity contribution is 1.15. The molecule has 0 aliphatic heterocycles. The first-order valence-corrected chi connectivity index (χ1v) is 19.1. The molecule has 3 aromatic heterocycles. The minimum atomic E-state index is 0.644. The van der Waals surface area contributed by atoms with E-state index in [0.717, 1.165) is 72.9 Å². The third-order valence-corrected chi connectivity index (χ3v) is 10.4. The second-order valence-electron chi connectivity index (χ2n) is 14.0. The quantitative estimate of drug-likeness (QED) is 0.139. The molecule has 57 heavy (non-hydrogen) atoms. The Balaban J connectivity index is 1.25. The molecule has 0 spiro atoms. The van der Waals surface area contributed by atoms with Gasteiger partial charge in [0.1, 0.15) is 0 Å². The van der Waals surface area contributed by atoms with Gasteiger partial charge in [0.05, 0.1) is 22.8 Å². The van der Waals surface area contributed by atoms with Crippen LogP contribution in [-0.2, 0) is 0 Å². The Labute approximate surface area is 333 Å². The van der Waals surface area contributed by atoms with Gasteiger partial charge in [0.2, 0.25) is 0 Å². The van der Waals surface area contributed by atoms with Crippen molar-refractivity contribution < 1.29 is 0 Å². The second kappa shape index (κ2) is 15.7. The topological polar surface area (TPSA) is 51.6 Å². The van der Waals surface area contributed by atoms with Crippen molar-refractivity contribution in [1.82, 2.24) is 19.9 Å². The number of rotatable bonds is 9. The summed E-state index contributed by atoms with van der Waals surface area (Å²) in [5.74, 6) is 0.644. The van der Waals surface area contributed by atoms with Crippen molar-refractivity contribution in [2.45, 2.75) is 6.92 Å². The van der Waals surface area contributed by atoms with Crippen LogP contribution in [-0.4, -0.2) is 19.9 Å². The zero-order valence-electron chi connectivity index (χ0n) is 31.5. The summed E-state index contributed by atoms with van der Waals surface area (Å²) in [7, 11) is 0. The summed E-state index contributed by atoms with van der Waals surface area (Å²) in [6.07, 6.45) is 9.58. The monoisotopic (exact) mass is 730 g/mol. The van der Waals surface area contributed by atoms with Gasteiger partial charge in [-0.3, -0.25) is 9.97 Å². The highest BCUT2D eigenvalue weighted by molar-refractivity contribution is 6.01. The first-order valence-electron chi connectivity index (χ1n) is 19.1. The van der Waals surface area contributed by atoms with E-state index >= 15 is 0 Å². The molecule has 0 atom stereocenters. The summed E-state index contributed by atoms with van der Waals surface area (Å²) < 4.78 is 0. The maximum atomic E-state index is 5.32. The van der Waals surface area contributed by atoms with Crippen molar-refractivity contribution in [3.8, 4) is 56.2 Å². The minimum absolute atomic E-state index is 0.644. The molecule has 0 bridgehead atoms. The van der Waals surface area contributed by atoms with Crippen molar-refractivity contribution >= 4 is 32.7 Å². The molecule has 0 saturated heterocycles. The Morgan fingerprint density at radius 2 is 1.02 bits per heavy atom. The Kier molecular flexibility index (Phi) is 9.66.